The number of aromatic nitrogens is 2. The number of hydrogen-bond donors (Lipinski definition) is 2. The summed E-state index contributed by atoms with van der Waals surface area (Å²) in [5, 5.41) is 7.79. The van der Waals surface area contributed by atoms with E-state index >= 15 is 0 Å². The first-order valence-electron chi connectivity index (χ1n) is 5.93. The minimum atomic E-state index is -0.0632. The maximum absolute atomic E-state index is 12.3. The Bertz CT molecular complexity index is 758. The Hall–Kier alpha value is -1.50. The number of H-pyrrole nitrogens is 1. The van der Waals surface area contributed by atoms with Gasteiger partial charge in [-0.15, -0.1) is 22.7 Å². The Balaban J connectivity index is 2.23. The van der Waals surface area contributed by atoms with Crippen molar-refractivity contribution < 1.29 is 0 Å². The van der Waals surface area contributed by atoms with E-state index in [1.54, 1.807) is 11.3 Å². The van der Waals surface area contributed by atoms with E-state index in [-0.39, 0.29) is 11.6 Å². The summed E-state index contributed by atoms with van der Waals surface area (Å²) in [7, 11) is 1.85. The van der Waals surface area contributed by atoms with E-state index in [0.29, 0.717) is 11.2 Å². The molecule has 3 aromatic rings. The average molecular weight is 291 g/mol. The molecular formula is C13H13N3OS2. The van der Waals surface area contributed by atoms with E-state index in [1.165, 1.54) is 11.3 Å². The summed E-state index contributed by atoms with van der Waals surface area (Å²) in [5.74, 6) is 0.680. The molecule has 4 nitrogen and oxygen atoms in total. The second kappa shape index (κ2) is 4.88. The predicted octanol–water partition coefficient (Wildman–Crippen LogP) is 2.99. The maximum atomic E-state index is 12.3. The summed E-state index contributed by atoms with van der Waals surface area (Å²) in [6.07, 6.45) is 0. The number of nitrogens with one attached hydrogen (secondary N) is 2. The highest BCUT2D eigenvalue weighted by atomic mass is 32.1. The van der Waals surface area contributed by atoms with Gasteiger partial charge in [-0.1, -0.05) is 6.07 Å². The molecule has 0 aliphatic rings. The van der Waals surface area contributed by atoms with Gasteiger partial charge >= 0.3 is 0 Å². The molecule has 0 aromatic carbocycles. The lowest BCUT2D eigenvalue weighted by molar-refractivity contribution is 0.612. The van der Waals surface area contributed by atoms with Crippen molar-refractivity contribution in [2.75, 3.05) is 7.05 Å². The highest BCUT2D eigenvalue weighted by Crippen LogP contribution is 2.33. The van der Waals surface area contributed by atoms with Crippen molar-refractivity contribution in [3.63, 3.8) is 0 Å². The first-order valence-corrected chi connectivity index (χ1v) is 7.69. The van der Waals surface area contributed by atoms with E-state index in [0.717, 1.165) is 15.3 Å². The van der Waals surface area contributed by atoms with E-state index < -0.39 is 0 Å². The minimum absolute atomic E-state index is 0.0318. The summed E-state index contributed by atoms with van der Waals surface area (Å²) in [5.41, 5.74) is 0.916. The largest absolute Gasteiger partial charge is 0.311 e. The van der Waals surface area contributed by atoms with Gasteiger partial charge in [-0.3, -0.25) is 4.79 Å². The summed E-state index contributed by atoms with van der Waals surface area (Å²) < 4.78 is 0. The lowest BCUT2D eigenvalue weighted by atomic mass is 10.2. The Kier molecular flexibility index (Phi) is 3.22. The molecule has 0 saturated heterocycles. The lowest BCUT2D eigenvalue weighted by Gasteiger charge is -2.08. The monoisotopic (exact) mass is 291 g/mol. The maximum Gasteiger partial charge on any atom is 0.260 e. The Morgan fingerprint density at radius 2 is 2.26 bits per heavy atom. The van der Waals surface area contributed by atoms with Crippen molar-refractivity contribution in [3.8, 4) is 10.4 Å². The molecule has 1 atom stereocenters. The van der Waals surface area contributed by atoms with Crippen molar-refractivity contribution in [3.05, 3.63) is 39.1 Å². The van der Waals surface area contributed by atoms with Crippen LogP contribution in [0.1, 0.15) is 18.8 Å². The van der Waals surface area contributed by atoms with Crippen LogP contribution in [0.25, 0.3) is 20.7 Å². The number of nitrogens with zero attached hydrogens (tertiary/aromatic N) is 1. The fourth-order valence-corrected chi connectivity index (χ4v) is 3.69. The van der Waals surface area contributed by atoms with Crippen LogP contribution < -0.4 is 10.9 Å². The molecule has 0 bridgehead atoms. The molecular weight excluding hydrogens is 278 g/mol. The van der Waals surface area contributed by atoms with Gasteiger partial charge in [0.2, 0.25) is 0 Å². The molecule has 3 rings (SSSR count). The van der Waals surface area contributed by atoms with Gasteiger partial charge in [0.15, 0.2) is 0 Å². The summed E-state index contributed by atoms with van der Waals surface area (Å²) >= 11 is 3.15. The lowest BCUT2D eigenvalue weighted by Crippen LogP contribution is -2.20. The van der Waals surface area contributed by atoms with Crippen LogP contribution in [0.3, 0.4) is 0 Å². The van der Waals surface area contributed by atoms with Gasteiger partial charge in [0.05, 0.1) is 11.4 Å². The number of thiophene rings is 2. The third-order valence-electron chi connectivity index (χ3n) is 3.09. The summed E-state index contributed by atoms with van der Waals surface area (Å²) in [6, 6.07) is 4.04. The third kappa shape index (κ3) is 2.11. The molecule has 98 valence electrons. The Morgan fingerprint density at radius 1 is 1.42 bits per heavy atom. The van der Waals surface area contributed by atoms with E-state index in [9.17, 15) is 4.79 Å². The smallest absolute Gasteiger partial charge is 0.260 e. The first-order chi connectivity index (χ1) is 9.20. The molecule has 0 aliphatic heterocycles. The molecule has 2 N–H and O–H groups in total. The molecule has 6 heteroatoms. The normalized spacial score (nSPS) is 12.9. The van der Waals surface area contributed by atoms with Gasteiger partial charge in [0, 0.05) is 15.8 Å². The Morgan fingerprint density at radius 3 is 2.95 bits per heavy atom. The summed E-state index contributed by atoms with van der Waals surface area (Å²) in [4.78, 5) is 21.6. The van der Waals surface area contributed by atoms with Crippen LogP contribution in [0.4, 0.5) is 0 Å². The van der Waals surface area contributed by atoms with Crippen LogP contribution in [0.5, 0.6) is 0 Å². The highest BCUT2D eigenvalue weighted by Gasteiger charge is 2.15. The molecule has 0 spiro atoms. The highest BCUT2D eigenvalue weighted by molar-refractivity contribution is 7.18. The quantitative estimate of drug-likeness (QED) is 0.780. The number of aromatic amines is 1. The van der Waals surface area contributed by atoms with E-state index in [1.807, 2.05) is 36.9 Å². The number of hydrogen-bond acceptors (Lipinski definition) is 5. The molecule has 0 radical (unpaired) electrons. The van der Waals surface area contributed by atoms with Crippen LogP contribution in [0.15, 0.2) is 27.7 Å². The van der Waals surface area contributed by atoms with Gasteiger partial charge < -0.3 is 10.3 Å². The molecule has 0 aliphatic carbocycles. The van der Waals surface area contributed by atoms with Crippen molar-refractivity contribution in [2.24, 2.45) is 0 Å². The van der Waals surface area contributed by atoms with Crippen LogP contribution >= 0.6 is 22.7 Å². The van der Waals surface area contributed by atoms with Crippen molar-refractivity contribution in [2.45, 2.75) is 13.0 Å². The van der Waals surface area contributed by atoms with E-state index in [4.69, 9.17) is 0 Å². The van der Waals surface area contributed by atoms with Gasteiger partial charge in [-0.2, -0.15) is 0 Å². The standard InChI is InChI=1S/C13H13N3OS2/c1-7(14-2)11-15-12(17)10-8(6-19-13(10)16-11)9-4-3-5-18-9/h3-7,14H,1-2H3,(H,15,16,17)/t7-/m0/s1. The average Bonchev–Trinajstić information content (AvgIpc) is 3.05. The SMILES string of the molecule is CN[C@@H](C)c1nc2scc(-c3cccs3)c2c(=O)[nH]1. The van der Waals surface area contributed by atoms with Gasteiger partial charge in [0.25, 0.3) is 5.56 Å². The zero-order valence-corrected chi connectivity index (χ0v) is 12.2. The molecule has 0 fully saturated rings. The zero-order chi connectivity index (χ0) is 13.4. The number of rotatable bonds is 3. The van der Waals surface area contributed by atoms with Crippen LogP contribution in [-0.4, -0.2) is 17.0 Å². The minimum Gasteiger partial charge on any atom is -0.311 e. The topological polar surface area (TPSA) is 57.8 Å². The van der Waals surface area contributed by atoms with Crippen molar-refractivity contribution >= 4 is 32.9 Å². The van der Waals surface area contributed by atoms with Crippen LogP contribution in [-0.2, 0) is 0 Å². The van der Waals surface area contributed by atoms with Crippen molar-refractivity contribution in [1.82, 2.24) is 15.3 Å². The number of fused-ring (bicyclic) bond motifs is 1. The van der Waals surface area contributed by atoms with Gasteiger partial charge in [-0.05, 0) is 25.4 Å². The second-order valence-corrected chi connectivity index (χ2v) is 6.07. The molecule has 0 saturated carbocycles. The fraction of sp³-hybridized carbons (Fsp3) is 0.231. The zero-order valence-electron chi connectivity index (χ0n) is 10.6. The molecule has 0 unspecified atom stereocenters. The van der Waals surface area contributed by atoms with E-state index in [2.05, 4.69) is 15.3 Å². The van der Waals surface area contributed by atoms with Crippen molar-refractivity contribution in [1.29, 1.82) is 0 Å². The molecule has 19 heavy (non-hydrogen) atoms. The van der Waals surface area contributed by atoms with Crippen LogP contribution in [0, 0.1) is 0 Å². The first kappa shape index (κ1) is 12.5. The fourth-order valence-electron chi connectivity index (χ4n) is 1.92. The second-order valence-electron chi connectivity index (χ2n) is 4.27. The van der Waals surface area contributed by atoms with Crippen LogP contribution in [0.2, 0.25) is 0 Å². The molecule has 3 aromatic heterocycles. The molecule has 0 amide bonds. The predicted molar refractivity (Wildman–Crippen MR) is 81.0 cm³/mol. The Labute approximate surface area is 118 Å². The third-order valence-corrected chi connectivity index (χ3v) is 4.87. The van der Waals surface area contributed by atoms with Gasteiger partial charge in [0.1, 0.15) is 10.7 Å². The summed E-state index contributed by atoms with van der Waals surface area (Å²) in [6.45, 7) is 1.97. The molecule has 3 heterocycles. The van der Waals surface area contributed by atoms with Gasteiger partial charge in [-0.25, -0.2) is 4.98 Å².